The maximum Gasteiger partial charge on any atom is 0.280 e. The number of amides is 1. The van der Waals surface area contributed by atoms with E-state index in [4.69, 9.17) is 10.5 Å². The summed E-state index contributed by atoms with van der Waals surface area (Å²) < 4.78 is 9.39. The Balaban J connectivity index is 2.75. The molecule has 0 radical (unpaired) electrons. The minimum Gasteiger partial charge on any atom is -0.383 e. The van der Waals surface area contributed by atoms with Crippen molar-refractivity contribution in [3.05, 3.63) is 5.69 Å². The van der Waals surface area contributed by atoms with E-state index in [1.807, 2.05) is 13.8 Å². The lowest BCUT2D eigenvalue weighted by Crippen LogP contribution is -2.37. The van der Waals surface area contributed by atoms with Gasteiger partial charge in [-0.15, -0.1) is 0 Å². The van der Waals surface area contributed by atoms with Crippen LogP contribution in [0.4, 0.5) is 5.82 Å². The molecular formula is C10H18N4O3. The Morgan fingerprint density at radius 2 is 2.24 bits per heavy atom. The van der Waals surface area contributed by atoms with Gasteiger partial charge in [-0.05, 0) is 16.2 Å². The molecule has 1 rings (SSSR count). The molecule has 96 valence electrons. The number of nitrogens with two attached hydrogens (primary N) is 1. The van der Waals surface area contributed by atoms with E-state index < -0.39 is 0 Å². The lowest BCUT2D eigenvalue weighted by Gasteiger charge is -2.23. The number of nitrogen functional groups attached to an aromatic ring is 1. The van der Waals surface area contributed by atoms with Gasteiger partial charge >= 0.3 is 0 Å². The Bertz CT molecular complexity index is 364. The fraction of sp³-hybridized carbons (Fsp3) is 0.700. The molecule has 0 unspecified atom stereocenters. The van der Waals surface area contributed by atoms with Gasteiger partial charge in [0.05, 0.1) is 6.61 Å². The maximum absolute atomic E-state index is 12.1. The highest BCUT2D eigenvalue weighted by Gasteiger charge is 2.23. The van der Waals surface area contributed by atoms with E-state index in [-0.39, 0.29) is 17.4 Å². The molecule has 1 aromatic heterocycles. The van der Waals surface area contributed by atoms with Crippen LogP contribution in [0.3, 0.4) is 0 Å². The Morgan fingerprint density at radius 1 is 1.53 bits per heavy atom. The zero-order chi connectivity index (χ0) is 12.8. The van der Waals surface area contributed by atoms with Crippen molar-refractivity contribution < 1.29 is 14.2 Å². The molecule has 0 aliphatic rings. The number of hydrogen-bond acceptors (Lipinski definition) is 6. The third-order valence-electron chi connectivity index (χ3n) is 2.15. The molecule has 7 heteroatoms. The monoisotopic (exact) mass is 242 g/mol. The second kappa shape index (κ2) is 6.19. The first-order chi connectivity index (χ1) is 8.06. The average Bonchev–Trinajstić information content (AvgIpc) is 2.69. The molecule has 7 nitrogen and oxygen atoms in total. The number of nitrogens with zero attached hydrogens (tertiary/aromatic N) is 3. The average molecular weight is 242 g/mol. The van der Waals surface area contributed by atoms with Crippen LogP contribution in [0.1, 0.15) is 24.3 Å². The van der Waals surface area contributed by atoms with Crippen molar-refractivity contribution in [3.8, 4) is 0 Å². The first kappa shape index (κ1) is 13.4. The van der Waals surface area contributed by atoms with Gasteiger partial charge in [0, 0.05) is 20.2 Å². The quantitative estimate of drug-likeness (QED) is 0.775. The molecular weight excluding hydrogens is 224 g/mol. The number of rotatable bonds is 6. The van der Waals surface area contributed by atoms with E-state index in [9.17, 15) is 4.79 Å². The van der Waals surface area contributed by atoms with E-state index in [2.05, 4.69) is 14.9 Å². The molecule has 0 bridgehead atoms. The number of methoxy groups -OCH3 is 1. The van der Waals surface area contributed by atoms with Crippen LogP contribution < -0.4 is 5.73 Å². The summed E-state index contributed by atoms with van der Waals surface area (Å²) >= 11 is 0. The van der Waals surface area contributed by atoms with Crippen molar-refractivity contribution in [1.82, 2.24) is 15.2 Å². The maximum atomic E-state index is 12.1. The van der Waals surface area contributed by atoms with Gasteiger partial charge in [-0.25, -0.2) is 4.63 Å². The van der Waals surface area contributed by atoms with Crippen molar-refractivity contribution in [2.24, 2.45) is 5.92 Å². The summed E-state index contributed by atoms with van der Waals surface area (Å²) in [6, 6.07) is 0. The van der Waals surface area contributed by atoms with Gasteiger partial charge in [-0.1, -0.05) is 13.8 Å². The minimum atomic E-state index is -0.283. The molecule has 1 heterocycles. The van der Waals surface area contributed by atoms with E-state index in [1.54, 1.807) is 12.0 Å². The molecule has 1 aromatic rings. The van der Waals surface area contributed by atoms with Gasteiger partial charge in [0.25, 0.3) is 5.91 Å². The third-order valence-corrected chi connectivity index (χ3v) is 2.15. The predicted octanol–water partition coefficient (Wildman–Crippen LogP) is 0.396. The minimum absolute atomic E-state index is 0.0150. The highest BCUT2D eigenvalue weighted by atomic mass is 16.6. The second-order valence-electron chi connectivity index (χ2n) is 4.14. The van der Waals surface area contributed by atoms with E-state index in [0.29, 0.717) is 25.6 Å². The molecule has 17 heavy (non-hydrogen) atoms. The molecule has 0 aliphatic carbocycles. The highest BCUT2D eigenvalue weighted by Crippen LogP contribution is 2.10. The standard InChI is InChI=1S/C10H18N4O3/c1-7(2)6-14(4-5-16-3)10(15)8-9(11)13-17-12-8/h7H,4-6H2,1-3H3,(H2,11,13). The molecule has 1 amide bonds. The third kappa shape index (κ3) is 3.70. The lowest BCUT2D eigenvalue weighted by atomic mass is 10.2. The van der Waals surface area contributed by atoms with Crippen molar-refractivity contribution >= 4 is 11.7 Å². The number of carbonyl (C=O) groups is 1. The molecule has 0 saturated heterocycles. The molecule has 0 aromatic carbocycles. The molecule has 2 N–H and O–H groups in total. The Kier molecular flexibility index (Phi) is 4.89. The smallest absolute Gasteiger partial charge is 0.280 e. The van der Waals surface area contributed by atoms with E-state index in [0.717, 1.165) is 0 Å². The largest absolute Gasteiger partial charge is 0.383 e. The highest BCUT2D eigenvalue weighted by molar-refractivity contribution is 5.96. The SMILES string of the molecule is COCCN(CC(C)C)C(=O)c1nonc1N. The van der Waals surface area contributed by atoms with Crippen LogP contribution in [-0.4, -0.2) is 47.9 Å². The van der Waals surface area contributed by atoms with Crippen molar-refractivity contribution in [1.29, 1.82) is 0 Å². The van der Waals surface area contributed by atoms with Gasteiger partial charge < -0.3 is 15.4 Å². The summed E-state index contributed by atoms with van der Waals surface area (Å²) in [5.41, 5.74) is 5.55. The molecule has 0 fully saturated rings. The number of ether oxygens (including phenoxy) is 1. The number of hydrogen-bond donors (Lipinski definition) is 1. The Labute approximate surface area is 99.9 Å². The summed E-state index contributed by atoms with van der Waals surface area (Å²) in [7, 11) is 1.59. The topological polar surface area (TPSA) is 94.5 Å². The summed E-state index contributed by atoms with van der Waals surface area (Å²) in [6.45, 7) is 5.60. The van der Waals surface area contributed by atoms with E-state index in [1.165, 1.54) is 0 Å². The number of carbonyl (C=O) groups excluding carboxylic acids is 1. The van der Waals surface area contributed by atoms with E-state index >= 15 is 0 Å². The van der Waals surface area contributed by atoms with Crippen LogP contribution in [0.25, 0.3) is 0 Å². The van der Waals surface area contributed by atoms with Crippen LogP contribution in [0.5, 0.6) is 0 Å². The zero-order valence-electron chi connectivity index (χ0n) is 10.3. The predicted molar refractivity (Wildman–Crippen MR) is 61.3 cm³/mol. The number of anilines is 1. The fourth-order valence-electron chi connectivity index (χ4n) is 1.41. The van der Waals surface area contributed by atoms with Gasteiger partial charge in [-0.2, -0.15) is 0 Å². The molecule has 0 spiro atoms. The van der Waals surface area contributed by atoms with Gasteiger partial charge in [-0.3, -0.25) is 4.79 Å². The zero-order valence-corrected chi connectivity index (χ0v) is 10.3. The van der Waals surface area contributed by atoms with Crippen molar-refractivity contribution in [2.45, 2.75) is 13.8 Å². The summed E-state index contributed by atoms with van der Waals surface area (Å²) in [5.74, 6) is 0.0764. The molecule has 0 aliphatic heterocycles. The van der Waals surface area contributed by atoms with Gasteiger partial charge in [0.1, 0.15) is 0 Å². The van der Waals surface area contributed by atoms with Crippen LogP contribution in [0.2, 0.25) is 0 Å². The normalized spacial score (nSPS) is 10.8. The first-order valence-corrected chi connectivity index (χ1v) is 5.42. The van der Waals surface area contributed by atoms with Gasteiger partial charge in [0.2, 0.25) is 11.5 Å². The fourth-order valence-corrected chi connectivity index (χ4v) is 1.41. The van der Waals surface area contributed by atoms with Crippen LogP contribution in [0, 0.1) is 5.92 Å². The lowest BCUT2D eigenvalue weighted by molar-refractivity contribution is 0.0662. The van der Waals surface area contributed by atoms with Crippen LogP contribution in [0.15, 0.2) is 4.63 Å². The summed E-state index contributed by atoms with van der Waals surface area (Å²) in [6.07, 6.45) is 0. The van der Waals surface area contributed by atoms with Crippen LogP contribution in [-0.2, 0) is 4.74 Å². The summed E-state index contributed by atoms with van der Waals surface area (Å²) in [4.78, 5) is 13.7. The van der Waals surface area contributed by atoms with Gasteiger partial charge in [0.15, 0.2) is 0 Å². The van der Waals surface area contributed by atoms with Crippen molar-refractivity contribution in [2.75, 3.05) is 32.5 Å². The Hall–Kier alpha value is -1.63. The van der Waals surface area contributed by atoms with Crippen molar-refractivity contribution in [3.63, 3.8) is 0 Å². The summed E-state index contributed by atoms with van der Waals surface area (Å²) in [5, 5.41) is 6.90. The second-order valence-corrected chi connectivity index (χ2v) is 4.14. The number of aromatic nitrogens is 2. The Morgan fingerprint density at radius 3 is 2.71 bits per heavy atom. The molecule has 0 saturated carbocycles. The first-order valence-electron chi connectivity index (χ1n) is 5.42. The molecule has 0 atom stereocenters. The van der Waals surface area contributed by atoms with Crippen LogP contribution >= 0.6 is 0 Å².